The van der Waals surface area contributed by atoms with Crippen molar-refractivity contribution < 1.29 is 4.39 Å². The first-order valence-corrected chi connectivity index (χ1v) is 10.0. The first-order chi connectivity index (χ1) is 12.0. The van der Waals surface area contributed by atoms with Crippen molar-refractivity contribution >= 4 is 21.9 Å². The first-order valence-electron chi connectivity index (χ1n) is 9.22. The number of hydrogen-bond donors (Lipinski definition) is 2. The van der Waals surface area contributed by atoms with E-state index in [9.17, 15) is 4.39 Å². The second-order valence-electron chi connectivity index (χ2n) is 6.79. The van der Waals surface area contributed by atoms with E-state index in [0.29, 0.717) is 30.6 Å². The van der Waals surface area contributed by atoms with Crippen LogP contribution in [-0.4, -0.2) is 49.1 Å². The first kappa shape index (κ1) is 20.2. The Morgan fingerprint density at radius 1 is 1.36 bits per heavy atom. The Hall–Kier alpha value is -1.14. The average molecular weight is 413 g/mol. The van der Waals surface area contributed by atoms with Crippen molar-refractivity contribution in [1.82, 2.24) is 15.5 Å². The number of nitrogens with one attached hydrogen (secondary N) is 2. The van der Waals surface area contributed by atoms with Crippen LogP contribution in [0, 0.1) is 5.82 Å². The van der Waals surface area contributed by atoms with Gasteiger partial charge in [-0.05, 0) is 63.8 Å². The highest BCUT2D eigenvalue weighted by Gasteiger charge is 2.21. The molecule has 0 spiro atoms. The summed E-state index contributed by atoms with van der Waals surface area (Å²) in [5.41, 5.74) is 0.694. The maximum atomic E-state index is 13.8. The zero-order chi connectivity index (χ0) is 18.2. The minimum atomic E-state index is -0.169. The number of halogens is 2. The van der Waals surface area contributed by atoms with Gasteiger partial charge in [0.15, 0.2) is 5.96 Å². The van der Waals surface area contributed by atoms with Crippen molar-refractivity contribution in [2.45, 2.75) is 52.1 Å². The van der Waals surface area contributed by atoms with E-state index in [-0.39, 0.29) is 5.82 Å². The molecule has 2 N–H and O–H groups in total. The monoisotopic (exact) mass is 412 g/mol. The summed E-state index contributed by atoms with van der Waals surface area (Å²) in [4.78, 5) is 7.14. The molecule has 1 aromatic carbocycles. The topological polar surface area (TPSA) is 39.7 Å². The molecule has 140 valence electrons. The van der Waals surface area contributed by atoms with Crippen LogP contribution in [0.25, 0.3) is 0 Å². The third-order valence-corrected chi connectivity index (χ3v) is 5.10. The van der Waals surface area contributed by atoms with E-state index in [1.165, 1.54) is 6.07 Å². The summed E-state index contributed by atoms with van der Waals surface area (Å²) in [7, 11) is 0. The zero-order valence-corrected chi connectivity index (χ0v) is 17.1. The Kier molecular flexibility index (Phi) is 8.16. The van der Waals surface area contributed by atoms with Crippen LogP contribution in [0.4, 0.5) is 4.39 Å². The Morgan fingerprint density at radius 3 is 2.72 bits per heavy atom. The summed E-state index contributed by atoms with van der Waals surface area (Å²) in [6.45, 7) is 10.2. The predicted octanol–water partition coefficient (Wildman–Crippen LogP) is 3.56. The van der Waals surface area contributed by atoms with Gasteiger partial charge in [0.1, 0.15) is 5.82 Å². The Bertz CT molecular complexity index is 569. The summed E-state index contributed by atoms with van der Waals surface area (Å²) in [5, 5.41) is 6.84. The molecular weight excluding hydrogens is 383 g/mol. The van der Waals surface area contributed by atoms with Crippen LogP contribution in [0.1, 0.15) is 39.2 Å². The summed E-state index contributed by atoms with van der Waals surface area (Å²) in [5.74, 6) is 0.665. The maximum Gasteiger partial charge on any atom is 0.191 e. The van der Waals surface area contributed by atoms with Crippen LogP contribution in [0.2, 0.25) is 0 Å². The van der Waals surface area contributed by atoms with Crippen LogP contribution < -0.4 is 10.6 Å². The second kappa shape index (κ2) is 10.1. The van der Waals surface area contributed by atoms with Gasteiger partial charge in [0.05, 0.1) is 0 Å². The lowest BCUT2D eigenvalue weighted by atomic mass is 10.0. The molecule has 4 nitrogen and oxygen atoms in total. The zero-order valence-electron chi connectivity index (χ0n) is 15.5. The molecule has 25 heavy (non-hydrogen) atoms. The van der Waals surface area contributed by atoms with Gasteiger partial charge in [0.2, 0.25) is 0 Å². The van der Waals surface area contributed by atoms with Gasteiger partial charge in [-0.3, -0.25) is 4.99 Å². The molecule has 0 saturated carbocycles. The van der Waals surface area contributed by atoms with E-state index in [1.807, 2.05) is 6.07 Å². The second-order valence-corrected chi connectivity index (χ2v) is 7.71. The molecule has 1 aliphatic rings. The third-order valence-electron chi connectivity index (χ3n) is 4.60. The number of likely N-dealkylation sites (tertiary alicyclic amines) is 1. The van der Waals surface area contributed by atoms with Gasteiger partial charge >= 0.3 is 0 Å². The van der Waals surface area contributed by atoms with E-state index in [2.05, 4.69) is 57.2 Å². The summed E-state index contributed by atoms with van der Waals surface area (Å²) in [6, 6.07) is 6.11. The average Bonchev–Trinajstić information content (AvgIpc) is 2.58. The standard InChI is InChI=1S/C19H30BrFN4/c1-4-22-19(24-17-8-11-25(12-9-17)14(2)3)23-10-7-15-13-16(20)5-6-18(15)21/h5-6,13-14,17H,4,7-12H2,1-3H3,(H2,22,23,24). The predicted molar refractivity (Wildman–Crippen MR) is 107 cm³/mol. The lowest BCUT2D eigenvalue weighted by Crippen LogP contribution is -2.49. The molecule has 0 bridgehead atoms. The third kappa shape index (κ3) is 6.59. The fraction of sp³-hybridized carbons (Fsp3) is 0.632. The molecule has 1 aromatic rings. The molecule has 0 aliphatic carbocycles. The highest BCUT2D eigenvalue weighted by molar-refractivity contribution is 9.10. The molecule has 1 aliphatic heterocycles. The number of hydrogen-bond acceptors (Lipinski definition) is 2. The van der Waals surface area contributed by atoms with Crippen molar-refractivity contribution in [3.8, 4) is 0 Å². The van der Waals surface area contributed by atoms with Gasteiger partial charge in [-0.25, -0.2) is 4.39 Å². The van der Waals surface area contributed by atoms with Gasteiger partial charge in [-0.1, -0.05) is 15.9 Å². The highest BCUT2D eigenvalue weighted by atomic mass is 79.9. The lowest BCUT2D eigenvalue weighted by molar-refractivity contribution is 0.167. The van der Waals surface area contributed by atoms with E-state index in [0.717, 1.165) is 42.9 Å². The number of nitrogens with zero attached hydrogens (tertiary/aromatic N) is 2. The van der Waals surface area contributed by atoms with E-state index in [4.69, 9.17) is 0 Å². The lowest BCUT2D eigenvalue weighted by Gasteiger charge is -2.35. The minimum Gasteiger partial charge on any atom is -0.357 e. The summed E-state index contributed by atoms with van der Waals surface area (Å²) >= 11 is 3.39. The number of aliphatic imine (C=N–C) groups is 1. The maximum absolute atomic E-state index is 13.8. The van der Waals surface area contributed by atoms with Crippen LogP contribution in [0.15, 0.2) is 27.7 Å². The molecule has 0 radical (unpaired) electrons. The van der Waals surface area contributed by atoms with Gasteiger partial charge < -0.3 is 15.5 Å². The van der Waals surface area contributed by atoms with Gasteiger partial charge in [0, 0.05) is 42.7 Å². The minimum absolute atomic E-state index is 0.169. The van der Waals surface area contributed by atoms with Gasteiger partial charge in [0.25, 0.3) is 0 Å². The van der Waals surface area contributed by atoms with Gasteiger partial charge in [-0.15, -0.1) is 0 Å². The van der Waals surface area contributed by atoms with E-state index >= 15 is 0 Å². The van der Waals surface area contributed by atoms with Crippen LogP contribution in [-0.2, 0) is 6.42 Å². The van der Waals surface area contributed by atoms with Crippen molar-refractivity contribution in [1.29, 1.82) is 0 Å². The Labute approximate surface area is 159 Å². The number of rotatable bonds is 6. The molecular formula is C19H30BrFN4. The van der Waals surface area contributed by atoms with E-state index < -0.39 is 0 Å². The van der Waals surface area contributed by atoms with Crippen molar-refractivity contribution in [3.63, 3.8) is 0 Å². The summed E-state index contributed by atoms with van der Waals surface area (Å²) < 4.78 is 14.7. The number of benzene rings is 1. The van der Waals surface area contributed by atoms with Crippen LogP contribution >= 0.6 is 15.9 Å². The number of piperidine rings is 1. The van der Waals surface area contributed by atoms with E-state index in [1.54, 1.807) is 6.07 Å². The number of guanidine groups is 1. The Morgan fingerprint density at radius 2 is 2.08 bits per heavy atom. The molecule has 0 amide bonds. The highest BCUT2D eigenvalue weighted by Crippen LogP contribution is 2.16. The molecule has 6 heteroatoms. The van der Waals surface area contributed by atoms with Gasteiger partial charge in [-0.2, -0.15) is 0 Å². The SMILES string of the molecule is CCNC(=NCCc1cc(Br)ccc1F)NC1CCN(C(C)C)CC1. The van der Waals surface area contributed by atoms with Crippen LogP contribution in [0.5, 0.6) is 0 Å². The quantitative estimate of drug-likeness (QED) is 0.554. The molecule has 2 rings (SSSR count). The van der Waals surface area contributed by atoms with Crippen LogP contribution in [0.3, 0.4) is 0 Å². The fourth-order valence-electron chi connectivity index (χ4n) is 3.10. The molecule has 1 saturated heterocycles. The fourth-order valence-corrected chi connectivity index (χ4v) is 3.51. The molecule has 0 unspecified atom stereocenters. The van der Waals surface area contributed by atoms with Crippen molar-refractivity contribution in [2.75, 3.05) is 26.2 Å². The summed E-state index contributed by atoms with van der Waals surface area (Å²) in [6.07, 6.45) is 2.85. The smallest absolute Gasteiger partial charge is 0.191 e. The van der Waals surface area contributed by atoms with Crippen molar-refractivity contribution in [2.24, 2.45) is 4.99 Å². The molecule has 0 aromatic heterocycles. The largest absolute Gasteiger partial charge is 0.357 e. The molecule has 0 atom stereocenters. The molecule has 1 heterocycles. The normalized spacial score (nSPS) is 17.1. The van der Waals surface area contributed by atoms with Crippen molar-refractivity contribution in [3.05, 3.63) is 34.1 Å². The molecule has 1 fully saturated rings. The Balaban J connectivity index is 1.87.